The molecule has 0 saturated carbocycles. The highest BCUT2D eigenvalue weighted by atomic mass is 16.5. The van der Waals surface area contributed by atoms with Gasteiger partial charge in [-0.15, -0.1) is 0 Å². The summed E-state index contributed by atoms with van der Waals surface area (Å²) in [5, 5.41) is 10.6. The molecule has 3 rings (SSSR count). The minimum atomic E-state index is -1.03. The van der Waals surface area contributed by atoms with Crippen molar-refractivity contribution in [3.63, 3.8) is 0 Å². The quantitative estimate of drug-likeness (QED) is 0.925. The van der Waals surface area contributed by atoms with Crippen LogP contribution in [0.25, 0.3) is 11.0 Å². The second-order valence-electron chi connectivity index (χ2n) is 7.41. The van der Waals surface area contributed by atoms with Gasteiger partial charge in [0.05, 0.1) is 11.0 Å². The van der Waals surface area contributed by atoms with Gasteiger partial charge in [0, 0.05) is 39.4 Å². The van der Waals surface area contributed by atoms with Crippen molar-refractivity contribution < 1.29 is 14.6 Å². The number of ether oxygens (including phenoxy) is 1. The maximum atomic E-state index is 11.6. The Morgan fingerprint density at radius 2 is 2.08 bits per heavy atom. The number of carbonyl (C=O) groups excluding carboxylic acids is 1. The molecule has 0 aliphatic carbocycles. The smallest absolute Gasteiger partial charge is 0.223 e. The molecule has 1 aliphatic heterocycles. The first-order valence-corrected chi connectivity index (χ1v) is 8.82. The summed E-state index contributed by atoms with van der Waals surface area (Å²) < 4.78 is 7.58. The predicted molar refractivity (Wildman–Crippen MR) is 97.6 cm³/mol. The van der Waals surface area contributed by atoms with E-state index in [0.29, 0.717) is 11.7 Å². The van der Waals surface area contributed by atoms with Crippen molar-refractivity contribution in [2.45, 2.75) is 45.8 Å². The van der Waals surface area contributed by atoms with Crippen LogP contribution < -0.4 is 4.90 Å². The van der Waals surface area contributed by atoms with Crippen molar-refractivity contribution in [3.8, 4) is 0 Å². The maximum absolute atomic E-state index is 11.6. The van der Waals surface area contributed by atoms with Crippen LogP contribution in [0.4, 0.5) is 5.69 Å². The standard InChI is InChI=1S/C19H27N3O3/c1-13(23)21(4)15-5-6-17-16(11-15)20-18(19(2,3)24)22(17)12-14-7-9-25-10-8-14/h5-6,11,14,24H,7-10,12H2,1-4H3. The number of amides is 1. The fraction of sp³-hybridized carbons (Fsp3) is 0.579. The number of rotatable bonds is 4. The fourth-order valence-corrected chi connectivity index (χ4v) is 3.35. The highest BCUT2D eigenvalue weighted by Crippen LogP contribution is 2.30. The molecule has 2 aromatic rings. The predicted octanol–water partition coefficient (Wildman–Crippen LogP) is 2.67. The third kappa shape index (κ3) is 3.70. The number of imidazole rings is 1. The molecule has 1 aromatic heterocycles. The van der Waals surface area contributed by atoms with Gasteiger partial charge in [-0.05, 0) is 50.8 Å². The van der Waals surface area contributed by atoms with Crippen LogP contribution in [0.3, 0.4) is 0 Å². The molecule has 136 valence electrons. The van der Waals surface area contributed by atoms with Crippen LogP contribution in [0.15, 0.2) is 18.2 Å². The summed E-state index contributed by atoms with van der Waals surface area (Å²) in [7, 11) is 1.75. The first-order chi connectivity index (χ1) is 11.8. The van der Waals surface area contributed by atoms with Crippen molar-refractivity contribution in [1.82, 2.24) is 9.55 Å². The third-order valence-corrected chi connectivity index (χ3v) is 4.92. The Morgan fingerprint density at radius 3 is 2.68 bits per heavy atom. The van der Waals surface area contributed by atoms with Crippen LogP contribution in [-0.2, 0) is 21.7 Å². The van der Waals surface area contributed by atoms with Crippen molar-refractivity contribution in [3.05, 3.63) is 24.0 Å². The van der Waals surface area contributed by atoms with Crippen LogP contribution in [0.5, 0.6) is 0 Å². The van der Waals surface area contributed by atoms with Gasteiger partial charge < -0.3 is 19.3 Å². The lowest BCUT2D eigenvalue weighted by molar-refractivity contribution is -0.116. The zero-order valence-corrected chi connectivity index (χ0v) is 15.5. The fourth-order valence-electron chi connectivity index (χ4n) is 3.35. The number of anilines is 1. The first-order valence-electron chi connectivity index (χ1n) is 8.82. The first kappa shape index (κ1) is 17.9. The molecule has 0 atom stereocenters. The van der Waals surface area contributed by atoms with E-state index in [0.717, 1.165) is 49.3 Å². The Labute approximate surface area is 148 Å². The SMILES string of the molecule is CC(=O)N(C)c1ccc2c(c1)nc(C(C)(C)O)n2CC1CCOCC1. The molecule has 2 heterocycles. The van der Waals surface area contributed by atoms with Crippen LogP contribution in [0.2, 0.25) is 0 Å². The molecule has 1 aliphatic rings. The zero-order valence-electron chi connectivity index (χ0n) is 15.5. The summed E-state index contributed by atoms with van der Waals surface area (Å²) in [5.41, 5.74) is 1.56. The number of hydrogen-bond donors (Lipinski definition) is 1. The highest BCUT2D eigenvalue weighted by molar-refractivity contribution is 5.93. The van der Waals surface area contributed by atoms with Crippen molar-refractivity contribution in [2.24, 2.45) is 5.92 Å². The summed E-state index contributed by atoms with van der Waals surface area (Å²) in [6.45, 7) is 7.47. The lowest BCUT2D eigenvalue weighted by Gasteiger charge is -2.26. The molecule has 1 fully saturated rings. The van der Waals surface area contributed by atoms with E-state index in [1.165, 1.54) is 6.92 Å². The second-order valence-corrected chi connectivity index (χ2v) is 7.41. The van der Waals surface area contributed by atoms with Gasteiger partial charge in [0.1, 0.15) is 11.4 Å². The third-order valence-electron chi connectivity index (χ3n) is 4.92. The van der Waals surface area contributed by atoms with Crippen LogP contribution >= 0.6 is 0 Å². The molecular weight excluding hydrogens is 318 g/mol. The van der Waals surface area contributed by atoms with E-state index in [1.54, 1.807) is 25.8 Å². The number of fused-ring (bicyclic) bond motifs is 1. The van der Waals surface area contributed by atoms with E-state index >= 15 is 0 Å². The summed E-state index contributed by atoms with van der Waals surface area (Å²) >= 11 is 0. The Hall–Kier alpha value is -1.92. The highest BCUT2D eigenvalue weighted by Gasteiger charge is 2.27. The Kier molecular flexibility index (Phi) is 4.84. The molecule has 6 nitrogen and oxygen atoms in total. The average molecular weight is 345 g/mol. The van der Waals surface area contributed by atoms with E-state index in [9.17, 15) is 9.90 Å². The Bertz CT molecular complexity index is 770. The molecule has 0 bridgehead atoms. The topological polar surface area (TPSA) is 67.6 Å². The van der Waals surface area contributed by atoms with Crippen molar-refractivity contribution in [2.75, 3.05) is 25.2 Å². The summed E-state index contributed by atoms with van der Waals surface area (Å²) in [5.74, 6) is 1.16. The molecule has 6 heteroatoms. The molecule has 0 spiro atoms. The minimum Gasteiger partial charge on any atom is -0.383 e. The number of aliphatic hydroxyl groups is 1. The van der Waals surface area contributed by atoms with Gasteiger partial charge in [-0.25, -0.2) is 4.98 Å². The lowest BCUT2D eigenvalue weighted by Crippen LogP contribution is -2.26. The Balaban J connectivity index is 2.04. The van der Waals surface area contributed by atoms with E-state index in [1.807, 2.05) is 18.2 Å². The summed E-state index contributed by atoms with van der Waals surface area (Å²) in [6.07, 6.45) is 2.05. The number of hydrogen-bond acceptors (Lipinski definition) is 4. The number of carbonyl (C=O) groups is 1. The molecular formula is C19H27N3O3. The van der Waals surface area contributed by atoms with Crippen molar-refractivity contribution in [1.29, 1.82) is 0 Å². The van der Waals surface area contributed by atoms with Crippen molar-refractivity contribution >= 4 is 22.6 Å². The van der Waals surface area contributed by atoms with E-state index < -0.39 is 5.60 Å². The van der Waals surface area contributed by atoms with Gasteiger partial charge in [0.15, 0.2) is 0 Å². The summed E-state index contributed by atoms with van der Waals surface area (Å²) in [4.78, 5) is 17.9. The maximum Gasteiger partial charge on any atom is 0.223 e. The van der Waals surface area contributed by atoms with Gasteiger partial charge in [0.25, 0.3) is 0 Å². The lowest BCUT2D eigenvalue weighted by atomic mass is 9.99. The zero-order chi connectivity index (χ0) is 18.2. The van der Waals surface area contributed by atoms with E-state index in [-0.39, 0.29) is 5.91 Å². The van der Waals surface area contributed by atoms with E-state index in [2.05, 4.69) is 4.57 Å². The van der Waals surface area contributed by atoms with Gasteiger partial charge in [0.2, 0.25) is 5.91 Å². The largest absolute Gasteiger partial charge is 0.383 e. The number of aromatic nitrogens is 2. The van der Waals surface area contributed by atoms with Gasteiger partial charge in [-0.2, -0.15) is 0 Å². The van der Waals surface area contributed by atoms with Crippen LogP contribution in [0, 0.1) is 5.92 Å². The average Bonchev–Trinajstić information content (AvgIpc) is 2.93. The van der Waals surface area contributed by atoms with Crippen LogP contribution in [-0.4, -0.2) is 40.8 Å². The van der Waals surface area contributed by atoms with Gasteiger partial charge >= 0.3 is 0 Å². The summed E-state index contributed by atoms with van der Waals surface area (Å²) in [6, 6.07) is 5.83. The van der Waals surface area contributed by atoms with Crippen LogP contribution in [0.1, 0.15) is 39.4 Å². The molecule has 0 unspecified atom stereocenters. The normalized spacial score (nSPS) is 16.4. The van der Waals surface area contributed by atoms with E-state index in [4.69, 9.17) is 9.72 Å². The molecule has 25 heavy (non-hydrogen) atoms. The molecule has 1 N–H and O–H groups in total. The number of nitrogens with zero attached hydrogens (tertiary/aromatic N) is 3. The Morgan fingerprint density at radius 1 is 1.40 bits per heavy atom. The molecule has 1 amide bonds. The monoisotopic (exact) mass is 345 g/mol. The minimum absolute atomic E-state index is 0.0244. The molecule has 0 radical (unpaired) electrons. The van der Waals surface area contributed by atoms with Gasteiger partial charge in [-0.1, -0.05) is 0 Å². The number of benzene rings is 1. The van der Waals surface area contributed by atoms with Gasteiger partial charge in [-0.3, -0.25) is 4.79 Å². The second kappa shape index (κ2) is 6.77. The molecule has 1 saturated heterocycles. The molecule has 1 aromatic carbocycles.